The molecular weight excluding hydrogens is 133 g/mol. The molecule has 0 saturated carbocycles. The van der Waals surface area contributed by atoms with E-state index in [4.69, 9.17) is 10.2 Å². The van der Waals surface area contributed by atoms with Gasteiger partial charge in [0, 0.05) is 26.1 Å². The number of hydrogen-bond acceptors (Lipinski definition) is 2. The van der Waals surface area contributed by atoms with E-state index in [0.717, 1.165) is 0 Å². The molecule has 0 amide bonds. The van der Waals surface area contributed by atoms with Crippen LogP contribution in [0.4, 0.5) is 0 Å². The van der Waals surface area contributed by atoms with E-state index in [1.165, 1.54) is 0 Å². The monoisotopic (exact) mass is 139 g/mol. The van der Waals surface area contributed by atoms with Crippen molar-refractivity contribution in [3.8, 4) is 0 Å². The van der Waals surface area contributed by atoms with Crippen molar-refractivity contribution < 1.29 is 29.7 Å². The van der Waals surface area contributed by atoms with Gasteiger partial charge in [-0.3, -0.25) is 0 Å². The summed E-state index contributed by atoms with van der Waals surface area (Å²) >= 11 is 0. The van der Waals surface area contributed by atoms with Crippen LogP contribution in [-0.4, -0.2) is 22.9 Å². The molecule has 2 N–H and O–H groups in total. The largest absolute Gasteiger partial charge is 0.423 e. The van der Waals surface area contributed by atoms with Gasteiger partial charge >= 0.3 is 0 Å². The van der Waals surface area contributed by atoms with Crippen LogP contribution >= 0.6 is 0 Å². The summed E-state index contributed by atoms with van der Waals surface area (Å²) in [5.41, 5.74) is 0. The van der Waals surface area contributed by atoms with E-state index in [0.29, 0.717) is 0 Å². The van der Waals surface area contributed by atoms with Crippen LogP contribution in [0.2, 0.25) is 0 Å². The van der Waals surface area contributed by atoms with Crippen molar-refractivity contribution in [2.24, 2.45) is 0 Å². The molecule has 0 aliphatic carbocycles. The molecule has 0 saturated heterocycles. The van der Waals surface area contributed by atoms with Gasteiger partial charge in [0.25, 0.3) is 0 Å². The molecule has 1 atom stereocenters. The summed E-state index contributed by atoms with van der Waals surface area (Å²) in [5.74, 6) is 0. The molecule has 0 spiro atoms. The fraction of sp³-hybridized carbons (Fsp3) is 0.667. The van der Waals surface area contributed by atoms with Crippen LogP contribution in [0.5, 0.6) is 0 Å². The van der Waals surface area contributed by atoms with Gasteiger partial charge in [-0.15, -0.1) is 0 Å². The van der Waals surface area contributed by atoms with E-state index < -0.39 is 6.10 Å². The molecule has 2 nitrogen and oxygen atoms in total. The summed E-state index contributed by atoms with van der Waals surface area (Å²) in [4.78, 5) is 0. The second-order valence-electron chi connectivity index (χ2n) is 0.836. The number of aliphatic hydroxyl groups excluding tert-OH is 2. The zero-order valence-electron chi connectivity index (χ0n) is 3.59. The van der Waals surface area contributed by atoms with Crippen molar-refractivity contribution in [1.82, 2.24) is 0 Å². The Morgan fingerprint density at radius 2 is 1.83 bits per heavy atom. The molecule has 0 fully saturated rings. The topological polar surface area (TPSA) is 40.5 Å². The molecule has 0 aliphatic heterocycles. The van der Waals surface area contributed by atoms with E-state index in [-0.39, 0.29) is 26.1 Å². The van der Waals surface area contributed by atoms with Gasteiger partial charge in [-0.1, -0.05) is 0 Å². The third kappa shape index (κ3) is 8.82. The Morgan fingerprint density at radius 1 is 1.67 bits per heavy atom. The summed E-state index contributed by atoms with van der Waals surface area (Å²) in [6.45, 7) is 2.81. The van der Waals surface area contributed by atoms with Gasteiger partial charge < -0.3 is 17.1 Å². The summed E-state index contributed by atoms with van der Waals surface area (Å²) in [6, 6.07) is 0. The molecule has 0 aromatic rings. The van der Waals surface area contributed by atoms with Gasteiger partial charge in [-0.05, 0) is 6.10 Å². The van der Waals surface area contributed by atoms with Crippen LogP contribution in [0.1, 0.15) is 0 Å². The minimum atomic E-state index is -0.810. The van der Waals surface area contributed by atoms with E-state index in [2.05, 4.69) is 6.92 Å². The Kier molecular flexibility index (Phi) is 9.00. The van der Waals surface area contributed by atoms with Crippen LogP contribution in [-0.2, 0) is 19.5 Å². The molecule has 1 unspecified atom stereocenters. The fourth-order valence-corrected chi connectivity index (χ4v) is 0. The van der Waals surface area contributed by atoms with Crippen LogP contribution in [0.15, 0.2) is 0 Å². The Bertz CT molecular complexity index is 22.8. The smallest absolute Gasteiger partial charge is 0.0408 e. The second kappa shape index (κ2) is 5.54. The number of hydrogen-bond donors (Lipinski definition) is 2. The van der Waals surface area contributed by atoms with Gasteiger partial charge in [-0.2, -0.15) is 0 Å². The van der Waals surface area contributed by atoms with Crippen molar-refractivity contribution in [3.05, 3.63) is 6.92 Å². The molecular formula is C3H7O2Zn-. The molecule has 6 heavy (non-hydrogen) atoms. The maximum Gasteiger partial charge on any atom is 0.0408 e. The third-order valence-corrected chi connectivity index (χ3v) is 0.211. The van der Waals surface area contributed by atoms with Crippen LogP contribution in [0, 0.1) is 6.92 Å². The Labute approximate surface area is 49.9 Å². The first-order chi connectivity index (χ1) is 2.27. The summed E-state index contributed by atoms with van der Waals surface area (Å²) in [7, 11) is 0. The first kappa shape index (κ1) is 9.74. The average molecular weight is 140 g/mol. The first-order valence-corrected chi connectivity index (χ1v) is 1.39. The molecule has 0 aromatic heterocycles. The van der Waals surface area contributed by atoms with Crippen molar-refractivity contribution in [1.29, 1.82) is 0 Å². The standard InChI is InChI=1S/C3H7O2.Zn/c1-3(5)2-4;/h3-5H,1-2H2;/q-1;. The Hall–Kier alpha value is 0.543. The molecule has 0 rings (SSSR count). The molecule has 0 heterocycles. The summed E-state index contributed by atoms with van der Waals surface area (Å²) in [6.07, 6.45) is -0.810. The number of rotatable bonds is 1. The second-order valence-corrected chi connectivity index (χ2v) is 0.836. The summed E-state index contributed by atoms with van der Waals surface area (Å²) < 4.78 is 0. The molecule has 0 aromatic carbocycles. The van der Waals surface area contributed by atoms with E-state index in [1.807, 2.05) is 0 Å². The molecule has 34 valence electrons. The average Bonchev–Trinajstić information content (AvgIpc) is 1.38. The predicted octanol–water partition coefficient (Wildman–Crippen LogP) is -0.829. The normalized spacial score (nSPS) is 12.5. The molecule has 0 bridgehead atoms. The van der Waals surface area contributed by atoms with Crippen molar-refractivity contribution >= 4 is 0 Å². The first-order valence-electron chi connectivity index (χ1n) is 1.39. The van der Waals surface area contributed by atoms with Gasteiger partial charge in [-0.25, -0.2) is 0 Å². The van der Waals surface area contributed by atoms with Crippen LogP contribution in [0.25, 0.3) is 0 Å². The maximum atomic E-state index is 8.00. The van der Waals surface area contributed by atoms with Gasteiger partial charge in [0.05, 0.1) is 0 Å². The molecule has 0 radical (unpaired) electrons. The van der Waals surface area contributed by atoms with Crippen LogP contribution in [0.3, 0.4) is 0 Å². The van der Waals surface area contributed by atoms with E-state index in [1.54, 1.807) is 0 Å². The van der Waals surface area contributed by atoms with Crippen molar-refractivity contribution in [2.75, 3.05) is 6.61 Å². The zero-order chi connectivity index (χ0) is 4.28. The number of aliphatic hydroxyl groups is 2. The van der Waals surface area contributed by atoms with E-state index >= 15 is 0 Å². The minimum Gasteiger partial charge on any atom is -0.423 e. The van der Waals surface area contributed by atoms with Gasteiger partial charge in [0.2, 0.25) is 0 Å². The Morgan fingerprint density at radius 3 is 1.83 bits per heavy atom. The van der Waals surface area contributed by atoms with Gasteiger partial charge in [0.1, 0.15) is 0 Å². The van der Waals surface area contributed by atoms with Crippen molar-refractivity contribution in [3.63, 3.8) is 0 Å². The Balaban J connectivity index is 0. The minimum absolute atomic E-state index is 0. The molecule has 3 heteroatoms. The molecule has 0 aliphatic rings. The SMILES string of the molecule is [CH2-]C(O)CO.[Zn]. The zero-order valence-corrected chi connectivity index (χ0v) is 6.56. The van der Waals surface area contributed by atoms with Gasteiger partial charge in [0.15, 0.2) is 0 Å². The predicted molar refractivity (Wildman–Crippen MR) is 18.4 cm³/mol. The van der Waals surface area contributed by atoms with Crippen molar-refractivity contribution in [2.45, 2.75) is 6.10 Å². The quantitative estimate of drug-likeness (QED) is 0.369. The summed E-state index contributed by atoms with van der Waals surface area (Å²) in [5, 5.41) is 15.8. The maximum absolute atomic E-state index is 8.00. The third-order valence-electron chi connectivity index (χ3n) is 0.211. The van der Waals surface area contributed by atoms with Crippen LogP contribution < -0.4 is 0 Å². The van der Waals surface area contributed by atoms with E-state index in [9.17, 15) is 0 Å². The fourth-order valence-electron chi connectivity index (χ4n) is 0.